The molecule has 1 heterocycles. The van der Waals surface area contributed by atoms with Crippen molar-refractivity contribution in [1.82, 2.24) is 4.98 Å². The van der Waals surface area contributed by atoms with Crippen molar-refractivity contribution in [2.24, 2.45) is 5.73 Å². The van der Waals surface area contributed by atoms with Gasteiger partial charge < -0.3 is 11.1 Å². The van der Waals surface area contributed by atoms with E-state index in [0.717, 1.165) is 27.0 Å². The molecule has 0 fully saturated rings. The summed E-state index contributed by atoms with van der Waals surface area (Å²) in [5.74, 6) is 0.709. The summed E-state index contributed by atoms with van der Waals surface area (Å²) in [5.41, 5.74) is 11.9. The minimum Gasteiger partial charge on any atom is -0.389 e. The lowest BCUT2D eigenvalue weighted by atomic mass is 10.1. The molecule has 0 spiro atoms. The molecule has 0 bridgehead atoms. The van der Waals surface area contributed by atoms with Crippen molar-refractivity contribution in [1.29, 1.82) is 0 Å². The van der Waals surface area contributed by atoms with Gasteiger partial charge in [-0.05, 0) is 62.6 Å². The Morgan fingerprint density at radius 3 is 2.19 bits per heavy atom. The second-order valence-electron chi connectivity index (χ2n) is 5.22. The summed E-state index contributed by atoms with van der Waals surface area (Å²) in [4.78, 5) is 4.90. The number of aryl methyl sites for hydroxylation is 4. The highest BCUT2D eigenvalue weighted by Crippen LogP contribution is 2.28. The van der Waals surface area contributed by atoms with E-state index in [4.69, 9.17) is 18.0 Å². The van der Waals surface area contributed by atoms with Gasteiger partial charge in [0.05, 0.1) is 5.56 Å². The van der Waals surface area contributed by atoms with Crippen LogP contribution in [0.1, 0.15) is 27.9 Å². The van der Waals surface area contributed by atoms with E-state index in [1.54, 1.807) is 0 Å². The van der Waals surface area contributed by atoms with Gasteiger partial charge in [0.25, 0.3) is 0 Å². The van der Waals surface area contributed by atoms with Crippen LogP contribution in [-0.2, 0) is 0 Å². The van der Waals surface area contributed by atoms with Crippen LogP contribution in [0.5, 0.6) is 0 Å². The quantitative estimate of drug-likeness (QED) is 0.790. The van der Waals surface area contributed by atoms with Crippen molar-refractivity contribution in [2.45, 2.75) is 27.7 Å². The van der Waals surface area contributed by atoms with Crippen molar-refractivity contribution in [2.75, 3.05) is 5.32 Å². The Kier molecular flexibility index (Phi) is 4.64. The van der Waals surface area contributed by atoms with Crippen LogP contribution in [0.2, 0.25) is 0 Å². The lowest BCUT2D eigenvalue weighted by Gasteiger charge is -2.15. The van der Waals surface area contributed by atoms with Gasteiger partial charge in [0.2, 0.25) is 0 Å². The number of hydrogen-bond donors (Lipinski definition) is 2. The molecule has 0 aliphatic carbocycles. The second kappa shape index (κ2) is 6.12. The van der Waals surface area contributed by atoms with Gasteiger partial charge in [-0.15, -0.1) is 0 Å². The molecule has 1 aromatic heterocycles. The Hall–Kier alpha value is -1.46. The van der Waals surface area contributed by atoms with Crippen molar-refractivity contribution in [3.8, 4) is 0 Å². The van der Waals surface area contributed by atoms with E-state index in [1.807, 2.05) is 19.9 Å². The normalized spacial score (nSPS) is 10.5. The maximum absolute atomic E-state index is 5.85. The van der Waals surface area contributed by atoms with Crippen molar-refractivity contribution >= 4 is 44.6 Å². The Morgan fingerprint density at radius 1 is 1.10 bits per heavy atom. The first-order valence-corrected chi connectivity index (χ1v) is 7.81. The van der Waals surface area contributed by atoms with Crippen molar-refractivity contribution in [3.63, 3.8) is 0 Å². The van der Waals surface area contributed by atoms with Crippen LogP contribution in [-0.4, -0.2) is 9.97 Å². The number of nitrogens with one attached hydrogen (secondary N) is 1. The fraction of sp³-hybridized carbons (Fsp3) is 0.250. The Balaban J connectivity index is 2.51. The summed E-state index contributed by atoms with van der Waals surface area (Å²) in [6.07, 6.45) is 0. The molecule has 0 aliphatic heterocycles. The molecule has 0 amide bonds. The Morgan fingerprint density at radius 2 is 1.67 bits per heavy atom. The molecule has 0 radical (unpaired) electrons. The van der Waals surface area contributed by atoms with Gasteiger partial charge in [-0.25, -0.2) is 4.98 Å². The Labute approximate surface area is 139 Å². The third-order valence-electron chi connectivity index (χ3n) is 3.29. The molecule has 3 nitrogen and oxygen atoms in total. The summed E-state index contributed by atoms with van der Waals surface area (Å²) in [6, 6.07) is 6.12. The van der Waals surface area contributed by atoms with Gasteiger partial charge >= 0.3 is 0 Å². The highest BCUT2D eigenvalue weighted by molar-refractivity contribution is 9.10. The first-order valence-electron chi connectivity index (χ1n) is 6.61. The van der Waals surface area contributed by atoms with E-state index in [1.165, 1.54) is 11.1 Å². The number of rotatable bonds is 3. The number of anilines is 2. The topological polar surface area (TPSA) is 50.9 Å². The molecule has 1 aromatic carbocycles. The lowest BCUT2D eigenvalue weighted by Crippen LogP contribution is -2.15. The number of nitrogens with two attached hydrogens (primary N) is 1. The molecule has 2 aromatic rings. The average Bonchev–Trinajstić information content (AvgIpc) is 2.34. The van der Waals surface area contributed by atoms with Crippen LogP contribution in [0, 0.1) is 27.7 Å². The third kappa shape index (κ3) is 3.41. The van der Waals surface area contributed by atoms with Crippen LogP contribution in [0.15, 0.2) is 22.7 Å². The van der Waals surface area contributed by atoms with Crippen molar-refractivity contribution in [3.05, 3.63) is 50.6 Å². The molecule has 5 heteroatoms. The maximum Gasteiger partial charge on any atom is 0.141 e. The minimum absolute atomic E-state index is 0.355. The standard InChI is InChI=1S/C16H18BrN3S/c1-8-5-11(4)19-16(13(8)15(18)21)20-12-6-9(2)14(17)10(3)7-12/h5-7H,1-4H3,(H2,18,21)(H,19,20). The highest BCUT2D eigenvalue weighted by atomic mass is 79.9. The molecule has 110 valence electrons. The van der Waals surface area contributed by atoms with E-state index in [-0.39, 0.29) is 0 Å². The zero-order chi connectivity index (χ0) is 15.7. The summed E-state index contributed by atoms with van der Waals surface area (Å²) in [7, 11) is 0. The number of aromatic nitrogens is 1. The molecule has 2 rings (SSSR count). The van der Waals surface area contributed by atoms with Gasteiger partial charge in [-0.1, -0.05) is 28.1 Å². The molecule has 0 saturated heterocycles. The zero-order valence-electron chi connectivity index (χ0n) is 12.5. The van der Waals surface area contributed by atoms with Gasteiger partial charge in [0.1, 0.15) is 10.8 Å². The summed E-state index contributed by atoms with van der Waals surface area (Å²) in [6.45, 7) is 8.07. The second-order valence-corrected chi connectivity index (χ2v) is 6.45. The molecule has 0 unspecified atom stereocenters. The third-order valence-corrected chi connectivity index (χ3v) is 4.75. The number of benzene rings is 1. The highest BCUT2D eigenvalue weighted by Gasteiger charge is 2.12. The number of thiocarbonyl (C=S) groups is 1. The lowest BCUT2D eigenvalue weighted by molar-refractivity contribution is 1.16. The summed E-state index contributed by atoms with van der Waals surface area (Å²) < 4.78 is 1.12. The molecule has 0 aliphatic rings. The number of nitrogens with zero attached hydrogens (tertiary/aromatic N) is 1. The fourth-order valence-corrected chi connectivity index (χ4v) is 2.88. The van der Waals surface area contributed by atoms with E-state index in [0.29, 0.717) is 10.8 Å². The van der Waals surface area contributed by atoms with Gasteiger partial charge in [0.15, 0.2) is 0 Å². The number of hydrogen-bond acceptors (Lipinski definition) is 3. The van der Waals surface area contributed by atoms with Gasteiger partial charge in [-0.3, -0.25) is 0 Å². The number of pyridine rings is 1. The average molecular weight is 364 g/mol. The SMILES string of the molecule is Cc1cc(C)c(C(N)=S)c(Nc2cc(C)c(Br)c(C)c2)n1. The summed E-state index contributed by atoms with van der Waals surface area (Å²) in [5, 5.41) is 3.34. The Bertz CT molecular complexity index is 703. The van der Waals surface area contributed by atoms with Crippen molar-refractivity contribution < 1.29 is 0 Å². The van der Waals surface area contributed by atoms with Crippen LogP contribution in [0.3, 0.4) is 0 Å². The maximum atomic E-state index is 5.85. The first-order chi connectivity index (χ1) is 9.79. The van der Waals surface area contributed by atoms with Gasteiger partial charge in [-0.2, -0.15) is 0 Å². The van der Waals surface area contributed by atoms with E-state index >= 15 is 0 Å². The monoisotopic (exact) mass is 363 g/mol. The molecular formula is C16H18BrN3S. The molecule has 0 atom stereocenters. The molecule has 0 saturated carbocycles. The first kappa shape index (κ1) is 15.9. The van der Waals surface area contributed by atoms with Crippen LogP contribution in [0.25, 0.3) is 0 Å². The molecule has 21 heavy (non-hydrogen) atoms. The minimum atomic E-state index is 0.355. The van der Waals surface area contributed by atoms with Crippen LogP contribution in [0.4, 0.5) is 11.5 Å². The van der Waals surface area contributed by atoms with E-state index in [2.05, 4.69) is 52.2 Å². The molecule has 3 N–H and O–H groups in total. The predicted molar refractivity (Wildman–Crippen MR) is 96.5 cm³/mol. The van der Waals surface area contributed by atoms with E-state index in [9.17, 15) is 0 Å². The van der Waals surface area contributed by atoms with Crippen LogP contribution >= 0.6 is 28.1 Å². The predicted octanol–water partition coefficient (Wildman–Crippen LogP) is 4.46. The van der Waals surface area contributed by atoms with Crippen LogP contribution < -0.4 is 11.1 Å². The van der Waals surface area contributed by atoms with Gasteiger partial charge in [0, 0.05) is 15.9 Å². The smallest absolute Gasteiger partial charge is 0.141 e. The number of halogens is 1. The zero-order valence-corrected chi connectivity index (χ0v) is 14.9. The largest absolute Gasteiger partial charge is 0.389 e. The molecular weight excluding hydrogens is 346 g/mol. The fourth-order valence-electron chi connectivity index (χ4n) is 2.39. The van der Waals surface area contributed by atoms with E-state index < -0.39 is 0 Å². The summed E-state index contributed by atoms with van der Waals surface area (Å²) >= 11 is 8.73.